The van der Waals surface area contributed by atoms with Gasteiger partial charge in [-0.15, -0.1) is 0 Å². The summed E-state index contributed by atoms with van der Waals surface area (Å²) in [5, 5.41) is 0. The normalized spacial score (nSPS) is 19.0. The van der Waals surface area contributed by atoms with Crippen LogP contribution < -0.4 is 0 Å². The van der Waals surface area contributed by atoms with E-state index < -0.39 is 5.60 Å². The molecule has 0 aromatic carbocycles. The number of carbonyl (C=O) groups excluding carboxylic acids is 1. The fraction of sp³-hybridized carbons (Fsp3) is 0.571. The Bertz CT molecular complexity index is 497. The standard InChI is InChI=1S/C14H19BrN2O2/c1-9-5-12-10(6-11(15)7-16-12)8-17(9)13(18)19-14(2,3)4/h6-7,9H,5,8H2,1-4H3/t9-/m1/s1. The third-order valence-electron chi connectivity index (χ3n) is 3.02. The lowest BCUT2D eigenvalue weighted by Crippen LogP contribution is -2.45. The molecule has 0 bridgehead atoms. The van der Waals surface area contributed by atoms with Crippen molar-refractivity contribution >= 4 is 22.0 Å². The third-order valence-corrected chi connectivity index (χ3v) is 3.45. The summed E-state index contributed by atoms with van der Waals surface area (Å²) in [4.78, 5) is 18.4. The van der Waals surface area contributed by atoms with E-state index in [2.05, 4.69) is 20.9 Å². The molecule has 0 aliphatic carbocycles. The highest BCUT2D eigenvalue weighted by Gasteiger charge is 2.30. The summed E-state index contributed by atoms with van der Waals surface area (Å²) in [5.74, 6) is 0. The third kappa shape index (κ3) is 3.47. The maximum absolute atomic E-state index is 12.2. The highest BCUT2D eigenvalue weighted by atomic mass is 79.9. The molecule has 1 atom stereocenters. The van der Waals surface area contributed by atoms with Gasteiger partial charge in [-0.2, -0.15) is 0 Å². The molecule has 1 aromatic rings. The molecule has 0 N–H and O–H groups in total. The van der Waals surface area contributed by atoms with Crippen LogP contribution in [0.1, 0.15) is 39.0 Å². The van der Waals surface area contributed by atoms with Gasteiger partial charge in [0.1, 0.15) is 5.60 Å². The van der Waals surface area contributed by atoms with Crippen LogP contribution in [0.5, 0.6) is 0 Å². The van der Waals surface area contributed by atoms with E-state index in [1.54, 1.807) is 11.1 Å². The topological polar surface area (TPSA) is 42.4 Å². The summed E-state index contributed by atoms with van der Waals surface area (Å²) < 4.78 is 6.38. The van der Waals surface area contributed by atoms with Crippen LogP contribution in [0.3, 0.4) is 0 Å². The summed E-state index contributed by atoms with van der Waals surface area (Å²) in [5.41, 5.74) is 1.68. The van der Waals surface area contributed by atoms with E-state index in [0.717, 1.165) is 22.2 Å². The summed E-state index contributed by atoms with van der Waals surface area (Å²) in [6.07, 6.45) is 2.31. The maximum atomic E-state index is 12.2. The Morgan fingerprint density at radius 3 is 2.84 bits per heavy atom. The lowest BCUT2D eigenvalue weighted by Gasteiger charge is -2.35. The minimum Gasteiger partial charge on any atom is -0.444 e. The molecule has 0 saturated heterocycles. The van der Waals surface area contributed by atoms with E-state index in [1.165, 1.54) is 0 Å². The van der Waals surface area contributed by atoms with E-state index in [9.17, 15) is 4.79 Å². The zero-order chi connectivity index (χ0) is 14.2. The van der Waals surface area contributed by atoms with Crippen molar-refractivity contribution in [3.8, 4) is 0 Å². The Labute approximate surface area is 122 Å². The number of fused-ring (bicyclic) bond motifs is 1. The van der Waals surface area contributed by atoms with Crippen molar-refractivity contribution in [3.05, 3.63) is 28.0 Å². The van der Waals surface area contributed by atoms with Crippen LogP contribution in [0.4, 0.5) is 4.79 Å². The Hall–Kier alpha value is -1.10. The van der Waals surface area contributed by atoms with Gasteiger partial charge in [0, 0.05) is 28.8 Å². The minimum atomic E-state index is -0.466. The minimum absolute atomic E-state index is 0.107. The van der Waals surface area contributed by atoms with Crippen molar-refractivity contribution in [2.45, 2.75) is 52.3 Å². The smallest absolute Gasteiger partial charge is 0.410 e. The molecule has 1 aromatic heterocycles. The van der Waals surface area contributed by atoms with Crippen LogP contribution in [0, 0.1) is 0 Å². The Balaban J connectivity index is 2.19. The number of halogens is 1. The molecule has 5 heteroatoms. The van der Waals surface area contributed by atoms with E-state index in [4.69, 9.17) is 4.74 Å². The maximum Gasteiger partial charge on any atom is 0.410 e. The number of rotatable bonds is 0. The average Bonchev–Trinajstić information content (AvgIpc) is 2.26. The summed E-state index contributed by atoms with van der Waals surface area (Å²) in [7, 11) is 0. The lowest BCUT2D eigenvalue weighted by molar-refractivity contribution is 0.0136. The molecule has 1 amide bonds. The second-order valence-corrected chi connectivity index (χ2v) is 6.84. The first kappa shape index (κ1) is 14.3. The number of ether oxygens (including phenoxy) is 1. The van der Waals surface area contributed by atoms with Crippen molar-refractivity contribution < 1.29 is 9.53 Å². The fourth-order valence-electron chi connectivity index (χ4n) is 2.12. The SMILES string of the molecule is C[C@@H]1Cc2ncc(Br)cc2CN1C(=O)OC(C)(C)C. The van der Waals surface area contributed by atoms with Crippen molar-refractivity contribution in [1.29, 1.82) is 0 Å². The molecular weight excluding hydrogens is 308 g/mol. The molecule has 0 radical (unpaired) electrons. The number of aromatic nitrogens is 1. The number of amides is 1. The molecule has 0 spiro atoms. The Kier molecular flexibility index (Phi) is 3.85. The van der Waals surface area contributed by atoms with Crippen LogP contribution in [-0.2, 0) is 17.7 Å². The van der Waals surface area contributed by atoms with Gasteiger partial charge < -0.3 is 9.64 Å². The number of pyridine rings is 1. The van der Waals surface area contributed by atoms with Gasteiger partial charge in [0.05, 0.1) is 6.54 Å². The highest BCUT2D eigenvalue weighted by Crippen LogP contribution is 2.25. The Morgan fingerprint density at radius 2 is 2.21 bits per heavy atom. The molecule has 2 heterocycles. The second kappa shape index (κ2) is 5.12. The Morgan fingerprint density at radius 1 is 1.53 bits per heavy atom. The molecular formula is C14H19BrN2O2. The second-order valence-electron chi connectivity index (χ2n) is 5.92. The van der Waals surface area contributed by atoms with Crippen LogP contribution >= 0.6 is 15.9 Å². The van der Waals surface area contributed by atoms with Crippen LogP contribution in [0.15, 0.2) is 16.7 Å². The number of carbonyl (C=O) groups is 1. The zero-order valence-electron chi connectivity index (χ0n) is 11.7. The van der Waals surface area contributed by atoms with Crippen molar-refractivity contribution in [1.82, 2.24) is 9.88 Å². The fourth-order valence-corrected chi connectivity index (χ4v) is 2.50. The van der Waals surface area contributed by atoms with Gasteiger partial charge >= 0.3 is 6.09 Å². The molecule has 0 fully saturated rings. The summed E-state index contributed by atoms with van der Waals surface area (Å²) in [6, 6.07) is 2.13. The van der Waals surface area contributed by atoms with Gasteiger partial charge in [-0.3, -0.25) is 4.98 Å². The van der Waals surface area contributed by atoms with E-state index in [-0.39, 0.29) is 12.1 Å². The highest BCUT2D eigenvalue weighted by molar-refractivity contribution is 9.10. The molecule has 19 heavy (non-hydrogen) atoms. The molecule has 1 aliphatic heterocycles. The number of hydrogen-bond acceptors (Lipinski definition) is 3. The molecule has 4 nitrogen and oxygen atoms in total. The van der Waals surface area contributed by atoms with Crippen molar-refractivity contribution in [2.75, 3.05) is 0 Å². The van der Waals surface area contributed by atoms with Gasteiger partial charge in [0.2, 0.25) is 0 Å². The zero-order valence-corrected chi connectivity index (χ0v) is 13.3. The first-order chi connectivity index (χ1) is 8.76. The summed E-state index contributed by atoms with van der Waals surface area (Å²) in [6.45, 7) is 8.22. The molecule has 1 aliphatic rings. The number of nitrogens with zero attached hydrogens (tertiary/aromatic N) is 2. The van der Waals surface area contributed by atoms with Gasteiger partial charge in [0.15, 0.2) is 0 Å². The lowest BCUT2D eigenvalue weighted by atomic mass is 10.0. The molecule has 0 saturated carbocycles. The van der Waals surface area contributed by atoms with E-state index in [0.29, 0.717) is 6.54 Å². The van der Waals surface area contributed by atoms with Crippen molar-refractivity contribution in [3.63, 3.8) is 0 Å². The van der Waals surface area contributed by atoms with Crippen LogP contribution in [0.25, 0.3) is 0 Å². The predicted molar refractivity (Wildman–Crippen MR) is 76.9 cm³/mol. The van der Waals surface area contributed by atoms with E-state index in [1.807, 2.05) is 33.8 Å². The van der Waals surface area contributed by atoms with Gasteiger partial charge in [-0.05, 0) is 55.3 Å². The van der Waals surface area contributed by atoms with Crippen molar-refractivity contribution in [2.24, 2.45) is 0 Å². The number of hydrogen-bond donors (Lipinski definition) is 0. The largest absolute Gasteiger partial charge is 0.444 e. The van der Waals surface area contributed by atoms with Gasteiger partial charge in [-0.25, -0.2) is 4.79 Å². The van der Waals surface area contributed by atoms with Gasteiger partial charge in [0.25, 0.3) is 0 Å². The molecule has 104 valence electrons. The quantitative estimate of drug-likeness (QED) is 0.732. The first-order valence-electron chi connectivity index (χ1n) is 6.39. The predicted octanol–water partition coefficient (Wildman–Crippen LogP) is 3.53. The monoisotopic (exact) mass is 326 g/mol. The first-order valence-corrected chi connectivity index (χ1v) is 7.18. The molecule has 0 unspecified atom stereocenters. The average molecular weight is 327 g/mol. The van der Waals surface area contributed by atoms with Crippen LogP contribution in [0.2, 0.25) is 0 Å². The van der Waals surface area contributed by atoms with E-state index >= 15 is 0 Å². The van der Waals surface area contributed by atoms with Gasteiger partial charge in [-0.1, -0.05) is 0 Å². The summed E-state index contributed by atoms with van der Waals surface area (Å²) >= 11 is 3.41. The molecule has 2 rings (SSSR count). The van der Waals surface area contributed by atoms with Crippen LogP contribution in [-0.4, -0.2) is 27.6 Å².